The minimum absolute atomic E-state index is 0.561. The van der Waals surface area contributed by atoms with Gasteiger partial charge in [-0.05, 0) is 13.5 Å². The monoisotopic (exact) mass is 251 g/mol. The van der Waals surface area contributed by atoms with E-state index in [0.717, 1.165) is 11.4 Å². The van der Waals surface area contributed by atoms with Gasteiger partial charge in [0.05, 0.1) is 5.69 Å². The molecule has 0 saturated carbocycles. The number of unbranched alkanes of at least 4 members (excludes halogenated alkanes) is 2. The van der Waals surface area contributed by atoms with Crippen LogP contribution in [0.1, 0.15) is 38.3 Å². The van der Waals surface area contributed by atoms with Gasteiger partial charge in [0.2, 0.25) is 0 Å². The van der Waals surface area contributed by atoms with Crippen molar-refractivity contribution < 1.29 is 0 Å². The predicted molar refractivity (Wildman–Crippen MR) is 73.8 cm³/mol. The highest BCUT2D eigenvalue weighted by Gasteiger charge is 2.10. The molecule has 1 unspecified atom stereocenters. The number of fused-ring (bicyclic) bond motifs is 1. The molecule has 0 amide bonds. The van der Waals surface area contributed by atoms with Crippen LogP contribution in [-0.2, 0) is 6.42 Å². The Morgan fingerprint density at radius 1 is 1.47 bits per heavy atom. The topological polar surface area (TPSA) is 29.3 Å². The van der Waals surface area contributed by atoms with E-state index in [1.54, 1.807) is 11.3 Å². The standard InChI is InChI=1S/C13H21N3S/c1-3-4-5-6-11(14-2)9-12-10-16-7-8-17-13(16)15-12/h7-8,10-11,14H,3-6,9H2,1-2H3. The van der Waals surface area contributed by atoms with Gasteiger partial charge in [-0.25, -0.2) is 4.98 Å². The number of hydrogen-bond donors (Lipinski definition) is 1. The zero-order valence-corrected chi connectivity index (χ0v) is 11.5. The molecule has 2 heterocycles. The van der Waals surface area contributed by atoms with Crippen LogP contribution < -0.4 is 5.32 Å². The van der Waals surface area contributed by atoms with Gasteiger partial charge in [0, 0.05) is 30.2 Å². The number of thiazole rings is 1. The number of nitrogens with one attached hydrogen (secondary N) is 1. The second kappa shape index (κ2) is 6.17. The highest BCUT2D eigenvalue weighted by atomic mass is 32.1. The predicted octanol–water partition coefficient (Wildman–Crippen LogP) is 3.11. The molecule has 0 radical (unpaired) electrons. The SMILES string of the molecule is CCCCCC(Cc1cn2ccsc2n1)NC. The van der Waals surface area contributed by atoms with Gasteiger partial charge in [-0.2, -0.15) is 0 Å². The Bertz CT molecular complexity index is 418. The van der Waals surface area contributed by atoms with E-state index in [-0.39, 0.29) is 0 Å². The van der Waals surface area contributed by atoms with E-state index >= 15 is 0 Å². The van der Waals surface area contributed by atoms with E-state index in [1.807, 2.05) is 0 Å². The molecule has 0 aliphatic rings. The Morgan fingerprint density at radius 2 is 2.35 bits per heavy atom. The third-order valence-corrected chi connectivity index (χ3v) is 3.93. The van der Waals surface area contributed by atoms with Crippen LogP contribution >= 0.6 is 11.3 Å². The molecule has 94 valence electrons. The Morgan fingerprint density at radius 3 is 3.06 bits per heavy atom. The lowest BCUT2D eigenvalue weighted by molar-refractivity contribution is 0.487. The van der Waals surface area contributed by atoms with Gasteiger partial charge in [0.1, 0.15) is 0 Å². The fourth-order valence-corrected chi connectivity index (χ4v) is 2.84. The zero-order chi connectivity index (χ0) is 12.1. The van der Waals surface area contributed by atoms with Crippen molar-refractivity contribution in [2.24, 2.45) is 0 Å². The average Bonchev–Trinajstić information content (AvgIpc) is 2.88. The fraction of sp³-hybridized carbons (Fsp3) is 0.615. The summed E-state index contributed by atoms with van der Waals surface area (Å²) in [7, 11) is 2.05. The maximum absolute atomic E-state index is 4.63. The van der Waals surface area contributed by atoms with Crippen LogP contribution in [0.2, 0.25) is 0 Å². The molecule has 0 fully saturated rings. The molecule has 0 saturated heterocycles. The van der Waals surface area contributed by atoms with E-state index < -0.39 is 0 Å². The second-order valence-electron chi connectivity index (χ2n) is 4.51. The van der Waals surface area contributed by atoms with E-state index in [9.17, 15) is 0 Å². The molecule has 1 N–H and O–H groups in total. The van der Waals surface area contributed by atoms with Crippen LogP contribution in [0.4, 0.5) is 0 Å². The first-order valence-electron chi connectivity index (χ1n) is 6.41. The number of rotatable bonds is 7. The van der Waals surface area contributed by atoms with Crippen molar-refractivity contribution in [1.82, 2.24) is 14.7 Å². The van der Waals surface area contributed by atoms with Gasteiger partial charge in [-0.3, -0.25) is 4.40 Å². The number of hydrogen-bond acceptors (Lipinski definition) is 3. The summed E-state index contributed by atoms with van der Waals surface area (Å²) in [6.45, 7) is 2.25. The number of imidazole rings is 1. The Kier molecular flexibility index (Phi) is 4.57. The summed E-state index contributed by atoms with van der Waals surface area (Å²) in [5, 5.41) is 5.47. The summed E-state index contributed by atoms with van der Waals surface area (Å²) >= 11 is 1.70. The van der Waals surface area contributed by atoms with Crippen LogP contribution in [0.5, 0.6) is 0 Å². The fourth-order valence-electron chi connectivity index (χ4n) is 2.12. The lowest BCUT2D eigenvalue weighted by atomic mass is 10.0. The Labute approximate surface area is 107 Å². The first-order chi connectivity index (χ1) is 8.33. The summed E-state index contributed by atoms with van der Waals surface area (Å²) < 4.78 is 2.11. The molecular weight excluding hydrogens is 230 g/mol. The van der Waals surface area contributed by atoms with E-state index in [4.69, 9.17) is 0 Å². The lowest BCUT2D eigenvalue weighted by Gasteiger charge is -2.14. The van der Waals surface area contributed by atoms with Crippen molar-refractivity contribution in [1.29, 1.82) is 0 Å². The van der Waals surface area contributed by atoms with Crippen LogP contribution in [0.3, 0.4) is 0 Å². The normalized spacial score (nSPS) is 13.3. The molecule has 17 heavy (non-hydrogen) atoms. The molecule has 2 rings (SSSR count). The summed E-state index contributed by atoms with van der Waals surface area (Å²) in [5.41, 5.74) is 1.20. The molecule has 0 bridgehead atoms. The van der Waals surface area contributed by atoms with Crippen LogP contribution in [0.25, 0.3) is 4.96 Å². The smallest absolute Gasteiger partial charge is 0.193 e. The summed E-state index contributed by atoms with van der Waals surface area (Å²) in [5.74, 6) is 0. The van der Waals surface area contributed by atoms with Crippen LogP contribution in [0, 0.1) is 0 Å². The van der Waals surface area contributed by atoms with E-state index in [2.05, 4.69) is 46.4 Å². The van der Waals surface area contributed by atoms with Gasteiger partial charge in [-0.15, -0.1) is 11.3 Å². The minimum atomic E-state index is 0.561. The Balaban J connectivity index is 1.91. The van der Waals surface area contributed by atoms with E-state index in [1.165, 1.54) is 31.4 Å². The molecule has 0 aliphatic carbocycles. The van der Waals surface area contributed by atoms with Crippen molar-refractivity contribution in [2.45, 2.75) is 45.1 Å². The zero-order valence-electron chi connectivity index (χ0n) is 10.6. The number of likely N-dealkylation sites (N-methyl/N-ethyl adjacent to an activating group) is 1. The summed E-state index contributed by atoms with van der Waals surface area (Å²) in [6.07, 6.45) is 10.4. The number of nitrogens with zero attached hydrogens (tertiary/aromatic N) is 2. The first-order valence-corrected chi connectivity index (χ1v) is 7.29. The van der Waals surface area contributed by atoms with E-state index in [0.29, 0.717) is 6.04 Å². The van der Waals surface area contributed by atoms with Gasteiger partial charge in [0.25, 0.3) is 0 Å². The molecule has 1 atom stereocenters. The van der Waals surface area contributed by atoms with Gasteiger partial charge >= 0.3 is 0 Å². The maximum atomic E-state index is 4.63. The van der Waals surface area contributed by atoms with Crippen LogP contribution in [0.15, 0.2) is 17.8 Å². The molecule has 2 aromatic rings. The highest BCUT2D eigenvalue weighted by Crippen LogP contribution is 2.14. The summed E-state index contributed by atoms with van der Waals surface area (Å²) in [6, 6.07) is 0.561. The third-order valence-electron chi connectivity index (χ3n) is 3.16. The largest absolute Gasteiger partial charge is 0.317 e. The average molecular weight is 251 g/mol. The number of aromatic nitrogens is 2. The second-order valence-corrected chi connectivity index (χ2v) is 5.38. The van der Waals surface area contributed by atoms with Crippen molar-refractivity contribution in [2.75, 3.05) is 7.05 Å². The molecule has 0 aliphatic heterocycles. The molecule has 3 nitrogen and oxygen atoms in total. The lowest BCUT2D eigenvalue weighted by Crippen LogP contribution is -2.27. The van der Waals surface area contributed by atoms with Crippen LogP contribution in [-0.4, -0.2) is 22.5 Å². The quantitative estimate of drug-likeness (QED) is 0.766. The van der Waals surface area contributed by atoms with Crippen molar-refractivity contribution in [3.05, 3.63) is 23.5 Å². The molecule has 0 spiro atoms. The Hall–Kier alpha value is -0.870. The third kappa shape index (κ3) is 3.30. The van der Waals surface area contributed by atoms with Gasteiger partial charge in [0.15, 0.2) is 4.96 Å². The molecule has 0 aromatic carbocycles. The minimum Gasteiger partial charge on any atom is -0.317 e. The van der Waals surface area contributed by atoms with Gasteiger partial charge < -0.3 is 5.32 Å². The van der Waals surface area contributed by atoms with Crippen molar-refractivity contribution >= 4 is 16.3 Å². The molecule has 2 aromatic heterocycles. The molecule has 4 heteroatoms. The maximum Gasteiger partial charge on any atom is 0.193 e. The summed E-state index contributed by atoms with van der Waals surface area (Å²) in [4.78, 5) is 5.73. The van der Waals surface area contributed by atoms with Crippen molar-refractivity contribution in [3.8, 4) is 0 Å². The van der Waals surface area contributed by atoms with Gasteiger partial charge in [-0.1, -0.05) is 26.2 Å². The molecular formula is C13H21N3S. The van der Waals surface area contributed by atoms with Crippen molar-refractivity contribution in [3.63, 3.8) is 0 Å². The first kappa shape index (κ1) is 12.6. The highest BCUT2D eigenvalue weighted by molar-refractivity contribution is 7.15.